The summed E-state index contributed by atoms with van der Waals surface area (Å²) in [4.78, 5) is 13.6. The summed E-state index contributed by atoms with van der Waals surface area (Å²) in [7, 11) is 0. The lowest BCUT2D eigenvalue weighted by Gasteiger charge is -2.33. The first-order valence-corrected chi connectivity index (χ1v) is 6.04. The van der Waals surface area contributed by atoms with Crippen molar-refractivity contribution < 1.29 is 9.53 Å². The second-order valence-electron chi connectivity index (χ2n) is 4.84. The number of hydrogen-bond donors (Lipinski definition) is 2. The van der Waals surface area contributed by atoms with Gasteiger partial charge in [0.15, 0.2) is 0 Å². The molecule has 2 atom stereocenters. The van der Waals surface area contributed by atoms with Gasteiger partial charge < -0.3 is 15.8 Å². The van der Waals surface area contributed by atoms with Gasteiger partial charge in [-0.05, 0) is 19.8 Å². The summed E-state index contributed by atoms with van der Waals surface area (Å²) in [5.41, 5.74) is 5.41. The quantitative estimate of drug-likeness (QED) is 0.652. The third-order valence-corrected chi connectivity index (χ3v) is 3.12. The first-order chi connectivity index (χ1) is 7.65. The molecular formula is C11H21N3O2. The molecule has 16 heavy (non-hydrogen) atoms. The van der Waals surface area contributed by atoms with Crippen LogP contribution in [0.5, 0.6) is 0 Å². The highest BCUT2D eigenvalue weighted by atomic mass is 16.5. The van der Waals surface area contributed by atoms with Crippen LogP contribution in [0.3, 0.4) is 0 Å². The van der Waals surface area contributed by atoms with Gasteiger partial charge >= 0.3 is 0 Å². The van der Waals surface area contributed by atoms with E-state index in [4.69, 9.17) is 10.5 Å². The van der Waals surface area contributed by atoms with Gasteiger partial charge in [0.1, 0.15) is 0 Å². The summed E-state index contributed by atoms with van der Waals surface area (Å²) in [6.45, 7) is 5.28. The van der Waals surface area contributed by atoms with Crippen LogP contribution in [0.4, 0.5) is 0 Å². The molecule has 2 unspecified atom stereocenters. The number of carbonyl (C=O) groups excluding carboxylic acids is 1. The lowest BCUT2D eigenvalue weighted by molar-refractivity contribution is -0.121. The van der Waals surface area contributed by atoms with Gasteiger partial charge in [-0.1, -0.05) is 0 Å². The van der Waals surface area contributed by atoms with E-state index in [1.807, 2.05) is 0 Å². The maximum atomic E-state index is 11.3. The van der Waals surface area contributed by atoms with Crippen LogP contribution < -0.4 is 11.1 Å². The minimum absolute atomic E-state index is 0.210. The number of hydrogen-bond acceptors (Lipinski definition) is 4. The topological polar surface area (TPSA) is 67.6 Å². The Balaban J connectivity index is 1.81. The zero-order valence-corrected chi connectivity index (χ0v) is 9.82. The van der Waals surface area contributed by atoms with E-state index in [1.54, 1.807) is 0 Å². The zero-order chi connectivity index (χ0) is 11.5. The molecule has 92 valence electrons. The minimum atomic E-state index is -0.244. The molecule has 0 radical (unpaired) electrons. The molecule has 1 aliphatic heterocycles. The van der Waals surface area contributed by atoms with E-state index in [1.165, 1.54) is 12.8 Å². The first kappa shape index (κ1) is 11.8. The van der Waals surface area contributed by atoms with Gasteiger partial charge in [0.25, 0.3) is 0 Å². The molecule has 1 saturated carbocycles. The van der Waals surface area contributed by atoms with Crippen LogP contribution in [0, 0.1) is 0 Å². The fourth-order valence-corrected chi connectivity index (χ4v) is 2.07. The van der Waals surface area contributed by atoms with Gasteiger partial charge in [0, 0.05) is 25.7 Å². The van der Waals surface area contributed by atoms with Gasteiger partial charge in [-0.15, -0.1) is 0 Å². The van der Waals surface area contributed by atoms with E-state index in [9.17, 15) is 4.79 Å². The van der Waals surface area contributed by atoms with Crippen molar-refractivity contribution in [2.75, 3.05) is 26.2 Å². The fourth-order valence-electron chi connectivity index (χ4n) is 2.07. The molecule has 1 amide bonds. The molecule has 5 heteroatoms. The summed E-state index contributed by atoms with van der Waals surface area (Å²) in [6.07, 6.45) is 2.59. The van der Waals surface area contributed by atoms with Gasteiger partial charge in [-0.25, -0.2) is 0 Å². The molecule has 0 bridgehead atoms. The molecule has 0 aromatic rings. The molecule has 2 aliphatic rings. The largest absolute Gasteiger partial charge is 0.376 e. The van der Waals surface area contributed by atoms with Gasteiger partial charge in [-0.3, -0.25) is 9.69 Å². The van der Waals surface area contributed by atoms with Crippen LogP contribution >= 0.6 is 0 Å². The number of ether oxygens (including phenoxy) is 1. The van der Waals surface area contributed by atoms with Crippen LogP contribution in [0.15, 0.2) is 0 Å². The molecule has 2 fully saturated rings. The third kappa shape index (κ3) is 3.43. The first-order valence-electron chi connectivity index (χ1n) is 6.04. The lowest BCUT2D eigenvalue weighted by atomic mass is 10.2. The van der Waals surface area contributed by atoms with E-state index < -0.39 is 0 Å². The second-order valence-corrected chi connectivity index (χ2v) is 4.84. The van der Waals surface area contributed by atoms with E-state index in [0.717, 1.165) is 19.7 Å². The highest BCUT2D eigenvalue weighted by molar-refractivity contribution is 5.80. The van der Waals surface area contributed by atoms with Crippen molar-refractivity contribution in [1.29, 1.82) is 0 Å². The molecule has 1 aliphatic carbocycles. The molecule has 5 nitrogen and oxygen atoms in total. The van der Waals surface area contributed by atoms with Crippen LogP contribution in [-0.4, -0.2) is 55.2 Å². The maximum absolute atomic E-state index is 11.3. The number of carbonyl (C=O) groups is 1. The van der Waals surface area contributed by atoms with Crippen LogP contribution in [0.2, 0.25) is 0 Å². The molecule has 1 heterocycles. The average Bonchev–Trinajstić information content (AvgIpc) is 3.00. The van der Waals surface area contributed by atoms with Crippen LogP contribution in [0.25, 0.3) is 0 Å². The van der Waals surface area contributed by atoms with Crippen molar-refractivity contribution in [2.24, 2.45) is 5.73 Å². The highest BCUT2D eigenvalue weighted by Gasteiger charge is 2.29. The van der Waals surface area contributed by atoms with Crippen molar-refractivity contribution >= 4 is 5.91 Å². The predicted octanol–water partition coefficient (Wildman–Crippen LogP) is -0.687. The Hall–Kier alpha value is -0.650. The highest BCUT2D eigenvalue weighted by Crippen LogP contribution is 2.19. The smallest absolute Gasteiger partial charge is 0.235 e. The van der Waals surface area contributed by atoms with Crippen molar-refractivity contribution in [1.82, 2.24) is 10.2 Å². The summed E-state index contributed by atoms with van der Waals surface area (Å²) >= 11 is 0. The summed E-state index contributed by atoms with van der Waals surface area (Å²) in [5.74, 6) is -0.244. The average molecular weight is 227 g/mol. The Bertz CT molecular complexity index is 256. The predicted molar refractivity (Wildman–Crippen MR) is 61.0 cm³/mol. The van der Waals surface area contributed by atoms with Crippen LogP contribution in [-0.2, 0) is 9.53 Å². The lowest BCUT2D eigenvalue weighted by Crippen LogP contribution is -2.53. The maximum Gasteiger partial charge on any atom is 0.235 e. The van der Waals surface area contributed by atoms with E-state index in [-0.39, 0.29) is 18.1 Å². The molecule has 0 aromatic carbocycles. The molecule has 3 N–H and O–H groups in total. The second kappa shape index (κ2) is 5.12. The Labute approximate surface area is 96.3 Å². The van der Waals surface area contributed by atoms with Gasteiger partial charge in [-0.2, -0.15) is 0 Å². The third-order valence-electron chi connectivity index (χ3n) is 3.12. The van der Waals surface area contributed by atoms with Crippen molar-refractivity contribution in [3.05, 3.63) is 0 Å². The number of morpholine rings is 1. The van der Waals surface area contributed by atoms with Crippen molar-refractivity contribution in [3.8, 4) is 0 Å². The summed E-state index contributed by atoms with van der Waals surface area (Å²) in [5, 5.41) is 3.30. The number of nitrogens with two attached hydrogens (primary N) is 1. The number of primary amides is 1. The Morgan fingerprint density at radius 2 is 2.38 bits per heavy atom. The van der Waals surface area contributed by atoms with Crippen molar-refractivity contribution in [3.63, 3.8) is 0 Å². The number of nitrogens with zero attached hydrogens (tertiary/aromatic N) is 1. The Morgan fingerprint density at radius 3 is 2.94 bits per heavy atom. The van der Waals surface area contributed by atoms with E-state index in [2.05, 4.69) is 17.1 Å². The Kier molecular flexibility index (Phi) is 3.78. The fraction of sp³-hybridized carbons (Fsp3) is 0.909. The molecule has 2 rings (SSSR count). The molecule has 1 saturated heterocycles. The van der Waals surface area contributed by atoms with Gasteiger partial charge in [0.05, 0.1) is 18.8 Å². The van der Waals surface area contributed by atoms with Gasteiger partial charge in [0.2, 0.25) is 5.91 Å². The number of amides is 1. The van der Waals surface area contributed by atoms with Crippen molar-refractivity contribution in [2.45, 2.75) is 38.0 Å². The summed E-state index contributed by atoms with van der Waals surface area (Å²) < 4.78 is 5.47. The molecule has 0 aromatic heterocycles. The molecule has 0 spiro atoms. The van der Waals surface area contributed by atoms with E-state index >= 15 is 0 Å². The monoisotopic (exact) mass is 227 g/mol. The normalized spacial score (nSPS) is 28.9. The SMILES string of the molecule is CC1CN(CC(NC2CC2)C(N)=O)CCO1. The molecular weight excluding hydrogens is 206 g/mol. The number of nitrogens with one attached hydrogen (secondary N) is 1. The summed E-state index contributed by atoms with van der Waals surface area (Å²) in [6, 6.07) is 0.300. The van der Waals surface area contributed by atoms with Crippen LogP contribution in [0.1, 0.15) is 19.8 Å². The number of rotatable bonds is 5. The zero-order valence-electron chi connectivity index (χ0n) is 9.82. The van der Waals surface area contributed by atoms with E-state index in [0.29, 0.717) is 12.6 Å². The standard InChI is InChI=1S/C11H21N3O2/c1-8-6-14(4-5-16-8)7-10(11(12)15)13-9-2-3-9/h8-10,13H,2-7H2,1H3,(H2,12,15). The minimum Gasteiger partial charge on any atom is -0.376 e. The Morgan fingerprint density at radius 1 is 1.62 bits per heavy atom.